The number of ether oxygens (including phenoxy) is 1. The fourth-order valence-electron chi connectivity index (χ4n) is 1.81. The van der Waals surface area contributed by atoms with Crippen LogP contribution in [0.2, 0.25) is 0 Å². The van der Waals surface area contributed by atoms with Crippen LogP contribution in [0.1, 0.15) is 44.0 Å². The van der Waals surface area contributed by atoms with Gasteiger partial charge in [-0.3, -0.25) is 0 Å². The Morgan fingerprint density at radius 3 is 3.00 bits per heavy atom. The molecule has 1 aliphatic carbocycles. The molecule has 0 aliphatic heterocycles. The summed E-state index contributed by atoms with van der Waals surface area (Å²) >= 11 is 1.59. The molecule has 0 bridgehead atoms. The molecule has 0 spiro atoms. The van der Waals surface area contributed by atoms with E-state index in [1.807, 2.05) is 0 Å². The first-order chi connectivity index (χ1) is 8.38. The molecule has 1 aliphatic rings. The number of aromatic nitrogens is 2. The molecule has 0 unspecified atom stereocenters. The second-order valence-electron chi connectivity index (χ2n) is 4.57. The van der Waals surface area contributed by atoms with E-state index in [1.165, 1.54) is 25.7 Å². The molecule has 1 aromatic rings. The van der Waals surface area contributed by atoms with Gasteiger partial charge >= 0.3 is 0 Å². The van der Waals surface area contributed by atoms with Crippen molar-refractivity contribution in [2.45, 2.75) is 45.6 Å². The topological polar surface area (TPSA) is 47.0 Å². The highest BCUT2D eigenvalue weighted by Crippen LogP contribution is 2.29. The quantitative estimate of drug-likeness (QED) is 0.725. The Bertz CT molecular complexity index is 325. The smallest absolute Gasteiger partial charge is 0.205 e. The summed E-state index contributed by atoms with van der Waals surface area (Å²) in [6.07, 6.45) is 6.51. The lowest BCUT2D eigenvalue weighted by Crippen LogP contribution is -2.13. The third-order valence-corrected chi connectivity index (χ3v) is 3.97. The summed E-state index contributed by atoms with van der Waals surface area (Å²) < 4.78 is 5.62. The molecular formula is C12H21N3OS. The van der Waals surface area contributed by atoms with Crippen molar-refractivity contribution in [3.8, 4) is 0 Å². The van der Waals surface area contributed by atoms with Crippen LogP contribution in [0.25, 0.3) is 0 Å². The van der Waals surface area contributed by atoms with Gasteiger partial charge in [0, 0.05) is 13.2 Å². The van der Waals surface area contributed by atoms with Gasteiger partial charge in [0.1, 0.15) is 11.6 Å². The van der Waals surface area contributed by atoms with Crippen molar-refractivity contribution in [1.29, 1.82) is 0 Å². The molecule has 1 fully saturated rings. The summed E-state index contributed by atoms with van der Waals surface area (Å²) in [5, 5.41) is 13.3. The number of rotatable bonds is 8. The van der Waals surface area contributed by atoms with Gasteiger partial charge in [-0.05, 0) is 18.8 Å². The minimum Gasteiger partial charge on any atom is -0.374 e. The zero-order valence-corrected chi connectivity index (χ0v) is 11.3. The van der Waals surface area contributed by atoms with Crippen molar-refractivity contribution in [1.82, 2.24) is 10.2 Å². The van der Waals surface area contributed by atoms with Crippen LogP contribution in [0, 0.1) is 5.92 Å². The van der Waals surface area contributed by atoms with Gasteiger partial charge in [0.25, 0.3) is 0 Å². The highest BCUT2D eigenvalue weighted by Gasteiger charge is 2.16. The van der Waals surface area contributed by atoms with E-state index in [-0.39, 0.29) is 0 Å². The van der Waals surface area contributed by atoms with E-state index in [1.54, 1.807) is 11.3 Å². The van der Waals surface area contributed by atoms with Crippen LogP contribution in [0.4, 0.5) is 5.13 Å². The Hall–Kier alpha value is -0.680. The van der Waals surface area contributed by atoms with E-state index in [0.29, 0.717) is 6.61 Å². The zero-order valence-electron chi connectivity index (χ0n) is 10.4. The number of hydrogen-bond acceptors (Lipinski definition) is 5. The Labute approximate surface area is 107 Å². The van der Waals surface area contributed by atoms with Crippen LogP contribution in [-0.4, -0.2) is 23.3 Å². The standard InChI is InChI=1S/C12H21N3OS/c1-2-7-13-12-15-14-11(17-12)9-16-8-6-10-4-3-5-10/h10H,2-9H2,1H3,(H,13,15). The minimum atomic E-state index is 0.609. The Kier molecular flexibility index (Phi) is 5.19. The maximum Gasteiger partial charge on any atom is 0.205 e. The summed E-state index contributed by atoms with van der Waals surface area (Å²) in [6, 6.07) is 0. The van der Waals surface area contributed by atoms with Crippen molar-refractivity contribution in [3.63, 3.8) is 0 Å². The molecule has 2 rings (SSSR count). The van der Waals surface area contributed by atoms with E-state index < -0.39 is 0 Å². The monoisotopic (exact) mass is 255 g/mol. The molecular weight excluding hydrogens is 234 g/mol. The Balaban J connectivity index is 1.59. The normalized spacial score (nSPS) is 15.8. The van der Waals surface area contributed by atoms with Crippen molar-refractivity contribution in [2.75, 3.05) is 18.5 Å². The number of hydrogen-bond donors (Lipinski definition) is 1. The first kappa shape index (κ1) is 12.8. The van der Waals surface area contributed by atoms with Crippen molar-refractivity contribution >= 4 is 16.5 Å². The molecule has 0 aromatic carbocycles. The van der Waals surface area contributed by atoms with Gasteiger partial charge in [-0.2, -0.15) is 0 Å². The third kappa shape index (κ3) is 4.24. The maximum absolute atomic E-state index is 5.62. The van der Waals surface area contributed by atoms with Crippen LogP contribution < -0.4 is 5.32 Å². The predicted octanol–water partition coefficient (Wildman–Crippen LogP) is 3.07. The van der Waals surface area contributed by atoms with Gasteiger partial charge in [0.2, 0.25) is 5.13 Å². The largest absolute Gasteiger partial charge is 0.374 e. The molecule has 1 aromatic heterocycles. The molecule has 17 heavy (non-hydrogen) atoms. The van der Waals surface area contributed by atoms with Crippen LogP contribution in [-0.2, 0) is 11.3 Å². The predicted molar refractivity (Wildman–Crippen MR) is 70.3 cm³/mol. The molecule has 0 amide bonds. The average Bonchev–Trinajstić information content (AvgIpc) is 2.71. The lowest BCUT2D eigenvalue weighted by atomic mass is 9.83. The fourth-order valence-corrected chi connectivity index (χ4v) is 2.51. The van der Waals surface area contributed by atoms with Gasteiger partial charge in [-0.25, -0.2) is 0 Å². The Morgan fingerprint density at radius 1 is 1.41 bits per heavy atom. The molecule has 4 nitrogen and oxygen atoms in total. The van der Waals surface area contributed by atoms with Gasteiger partial charge in [0.15, 0.2) is 0 Å². The van der Waals surface area contributed by atoms with Crippen LogP contribution in [0.15, 0.2) is 0 Å². The molecule has 1 N–H and O–H groups in total. The third-order valence-electron chi connectivity index (χ3n) is 3.11. The fraction of sp³-hybridized carbons (Fsp3) is 0.833. The van der Waals surface area contributed by atoms with E-state index in [0.717, 1.165) is 35.6 Å². The lowest BCUT2D eigenvalue weighted by molar-refractivity contribution is 0.0945. The zero-order chi connectivity index (χ0) is 11.9. The highest BCUT2D eigenvalue weighted by atomic mass is 32.1. The summed E-state index contributed by atoms with van der Waals surface area (Å²) in [5.74, 6) is 0.922. The Morgan fingerprint density at radius 2 is 2.29 bits per heavy atom. The molecule has 5 heteroatoms. The summed E-state index contributed by atoms with van der Waals surface area (Å²) in [4.78, 5) is 0. The van der Waals surface area contributed by atoms with Crippen LogP contribution >= 0.6 is 11.3 Å². The van der Waals surface area contributed by atoms with Crippen molar-refractivity contribution in [3.05, 3.63) is 5.01 Å². The second kappa shape index (κ2) is 6.91. The van der Waals surface area contributed by atoms with E-state index >= 15 is 0 Å². The number of anilines is 1. The van der Waals surface area contributed by atoms with E-state index in [9.17, 15) is 0 Å². The number of nitrogens with zero attached hydrogens (tertiary/aromatic N) is 2. The van der Waals surface area contributed by atoms with Gasteiger partial charge in [-0.15, -0.1) is 10.2 Å². The van der Waals surface area contributed by atoms with Gasteiger partial charge in [-0.1, -0.05) is 37.5 Å². The van der Waals surface area contributed by atoms with E-state index in [4.69, 9.17) is 4.74 Å². The van der Waals surface area contributed by atoms with Crippen molar-refractivity contribution in [2.24, 2.45) is 5.92 Å². The average molecular weight is 255 g/mol. The molecule has 96 valence electrons. The van der Waals surface area contributed by atoms with Crippen LogP contribution in [0.3, 0.4) is 0 Å². The lowest BCUT2D eigenvalue weighted by Gasteiger charge is -2.24. The van der Waals surface area contributed by atoms with Crippen molar-refractivity contribution < 1.29 is 4.74 Å². The van der Waals surface area contributed by atoms with Gasteiger partial charge < -0.3 is 10.1 Å². The highest BCUT2D eigenvalue weighted by molar-refractivity contribution is 7.15. The molecule has 0 radical (unpaired) electrons. The second-order valence-corrected chi connectivity index (χ2v) is 5.63. The molecule has 0 saturated heterocycles. The first-order valence-corrected chi connectivity index (χ1v) is 7.34. The molecule has 0 atom stereocenters. The summed E-state index contributed by atoms with van der Waals surface area (Å²) in [6.45, 7) is 4.57. The minimum absolute atomic E-state index is 0.609. The summed E-state index contributed by atoms with van der Waals surface area (Å²) in [7, 11) is 0. The molecule has 1 heterocycles. The first-order valence-electron chi connectivity index (χ1n) is 6.52. The van der Waals surface area contributed by atoms with E-state index in [2.05, 4.69) is 22.4 Å². The molecule has 1 saturated carbocycles. The number of nitrogens with one attached hydrogen (secondary N) is 1. The maximum atomic E-state index is 5.62. The SMILES string of the molecule is CCCNc1nnc(COCCC2CCC2)s1. The summed E-state index contributed by atoms with van der Waals surface area (Å²) in [5.41, 5.74) is 0. The van der Waals surface area contributed by atoms with Gasteiger partial charge in [0.05, 0.1) is 0 Å². The van der Waals surface area contributed by atoms with Crippen LogP contribution in [0.5, 0.6) is 0 Å².